The molecule has 0 spiro atoms. The number of hydrogen-bond donors (Lipinski definition) is 1. The molecule has 1 rings (SSSR count). The lowest BCUT2D eigenvalue weighted by atomic mass is 10.1. The van der Waals surface area contributed by atoms with E-state index in [-0.39, 0.29) is 6.04 Å². The summed E-state index contributed by atoms with van der Waals surface area (Å²) in [5.41, 5.74) is 5.58. The normalized spacial score (nSPS) is 23.8. The van der Waals surface area contributed by atoms with E-state index in [4.69, 9.17) is 16.4 Å². The van der Waals surface area contributed by atoms with E-state index in [0.29, 0.717) is 25.9 Å². The lowest BCUT2D eigenvalue weighted by Crippen LogP contribution is -2.40. The Morgan fingerprint density at radius 1 is 1.36 bits per heavy atom. The smallest absolute Gasteiger partial charge is 0.299 e. The fourth-order valence-corrected chi connectivity index (χ4v) is 2.15. The average molecular weight is 199 g/mol. The molecule has 0 amide bonds. The van der Waals surface area contributed by atoms with E-state index in [1.807, 2.05) is 0 Å². The van der Waals surface area contributed by atoms with Crippen molar-refractivity contribution < 1.29 is 8.42 Å². The van der Waals surface area contributed by atoms with Crippen molar-refractivity contribution in [1.82, 2.24) is 4.31 Å². The quantitative estimate of drug-likeness (QED) is 0.599. The summed E-state index contributed by atoms with van der Waals surface area (Å²) < 4.78 is 22.7. The molecule has 0 aromatic carbocycles. The highest BCUT2D eigenvalue weighted by Crippen LogP contribution is 2.14. The van der Waals surface area contributed by atoms with Gasteiger partial charge in [0.1, 0.15) is 0 Å². The molecule has 66 valence electrons. The highest BCUT2D eigenvalue weighted by Gasteiger charge is 2.24. The first-order chi connectivity index (χ1) is 5.00. The van der Waals surface area contributed by atoms with Crippen LogP contribution >= 0.6 is 10.7 Å². The standard InChI is InChI=1S/C5H11ClN2O2S/c6-11(9,10)8-3-1-5(7)2-4-8/h5H,1-4,7H2. The van der Waals surface area contributed by atoms with Crippen molar-refractivity contribution in [3.8, 4) is 0 Å². The third kappa shape index (κ3) is 2.59. The second-order valence-electron chi connectivity index (χ2n) is 2.68. The van der Waals surface area contributed by atoms with Gasteiger partial charge in [-0.2, -0.15) is 12.7 Å². The van der Waals surface area contributed by atoms with Gasteiger partial charge in [-0.25, -0.2) is 0 Å². The van der Waals surface area contributed by atoms with Gasteiger partial charge in [-0.15, -0.1) is 0 Å². The molecule has 1 saturated heterocycles. The molecule has 1 aliphatic heterocycles. The molecule has 4 nitrogen and oxygen atoms in total. The van der Waals surface area contributed by atoms with Crippen molar-refractivity contribution in [2.45, 2.75) is 18.9 Å². The molecule has 0 bridgehead atoms. The van der Waals surface area contributed by atoms with E-state index in [9.17, 15) is 8.42 Å². The SMILES string of the molecule is NC1CCN(S(=O)(=O)Cl)CC1. The Balaban J connectivity index is 2.53. The Morgan fingerprint density at radius 3 is 2.18 bits per heavy atom. The van der Waals surface area contributed by atoms with Gasteiger partial charge in [-0.3, -0.25) is 0 Å². The van der Waals surface area contributed by atoms with Gasteiger partial charge < -0.3 is 5.73 Å². The zero-order valence-electron chi connectivity index (χ0n) is 6.03. The molecule has 0 aliphatic carbocycles. The van der Waals surface area contributed by atoms with E-state index in [1.54, 1.807) is 0 Å². The largest absolute Gasteiger partial charge is 0.328 e. The van der Waals surface area contributed by atoms with E-state index >= 15 is 0 Å². The zero-order valence-corrected chi connectivity index (χ0v) is 7.61. The number of piperidine rings is 1. The minimum Gasteiger partial charge on any atom is -0.328 e. The van der Waals surface area contributed by atoms with Gasteiger partial charge in [0.05, 0.1) is 0 Å². The number of halogens is 1. The third-order valence-corrected chi connectivity index (χ3v) is 3.37. The van der Waals surface area contributed by atoms with Crippen molar-refractivity contribution in [3.05, 3.63) is 0 Å². The minimum atomic E-state index is -3.50. The van der Waals surface area contributed by atoms with E-state index < -0.39 is 9.24 Å². The fraction of sp³-hybridized carbons (Fsp3) is 1.00. The van der Waals surface area contributed by atoms with Gasteiger partial charge in [-0.1, -0.05) is 0 Å². The van der Waals surface area contributed by atoms with Crippen molar-refractivity contribution >= 4 is 19.9 Å². The molecule has 11 heavy (non-hydrogen) atoms. The van der Waals surface area contributed by atoms with Crippen LogP contribution in [0.15, 0.2) is 0 Å². The lowest BCUT2D eigenvalue weighted by molar-refractivity contribution is 0.325. The molecule has 0 radical (unpaired) electrons. The molecular weight excluding hydrogens is 188 g/mol. The summed E-state index contributed by atoms with van der Waals surface area (Å²) in [5, 5.41) is 0. The van der Waals surface area contributed by atoms with Crippen LogP contribution in [-0.2, 0) is 9.24 Å². The van der Waals surface area contributed by atoms with Crippen LogP contribution in [0.2, 0.25) is 0 Å². The van der Waals surface area contributed by atoms with Gasteiger partial charge in [-0.05, 0) is 12.8 Å². The Hall–Kier alpha value is 0.160. The summed E-state index contributed by atoms with van der Waals surface area (Å²) in [6, 6.07) is 0.129. The van der Waals surface area contributed by atoms with Crippen LogP contribution in [0.3, 0.4) is 0 Å². The summed E-state index contributed by atoms with van der Waals surface area (Å²) in [4.78, 5) is 0. The molecule has 1 fully saturated rings. The molecule has 1 heterocycles. The highest BCUT2D eigenvalue weighted by atomic mass is 35.7. The van der Waals surface area contributed by atoms with Gasteiger partial charge >= 0.3 is 0 Å². The van der Waals surface area contributed by atoms with Gasteiger partial charge in [0.15, 0.2) is 0 Å². The van der Waals surface area contributed by atoms with Crippen LogP contribution in [0.4, 0.5) is 0 Å². The number of rotatable bonds is 1. The van der Waals surface area contributed by atoms with Crippen molar-refractivity contribution in [2.75, 3.05) is 13.1 Å². The Bertz CT molecular complexity index is 221. The molecule has 0 saturated carbocycles. The predicted octanol–water partition coefficient (Wildman–Crippen LogP) is -0.107. The zero-order chi connectivity index (χ0) is 8.48. The average Bonchev–Trinajstić information content (AvgIpc) is 1.86. The van der Waals surface area contributed by atoms with Crippen molar-refractivity contribution in [1.29, 1.82) is 0 Å². The van der Waals surface area contributed by atoms with Crippen LogP contribution in [0.1, 0.15) is 12.8 Å². The maximum Gasteiger partial charge on any atom is 0.299 e. The van der Waals surface area contributed by atoms with Crippen LogP contribution in [0, 0.1) is 0 Å². The van der Waals surface area contributed by atoms with Crippen molar-refractivity contribution in [2.24, 2.45) is 5.73 Å². The van der Waals surface area contributed by atoms with Gasteiger partial charge in [0, 0.05) is 29.8 Å². The van der Waals surface area contributed by atoms with Crippen LogP contribution in [0.25, 0.3) is 0 Å². The highest BCUT2D eigenvalue weighted by molar-refractivity contribution is 8.11. The first-order valence-electron chi connectivity index (χ1n) is 3.45. The molecule has 1 aliphatic rings. The molecule has 0 atom stereocenters. The van der Waals surface area contributed by atoms with Crippen LogP contribution in [-0.4, -0.2) is 31.9 Å². The maximum atomic E-state index is 10.7. The summed E-state index contributed by atoms with van der Waals surface area (Å²) in [6.07, 6.45) is 1.40. The second-order valence-corrected chi connectivity index (χ2v) is 5.19. The predicted molar refractivity (Wildman–Crippen MR) is 43.6 cm³/mol. The third-order valence-electron chi connectivity index (χ3n) is 1.81. The van der Waals surface area contributed by atoms with Gasteiger partial charge in [0.2, 0.25) is 0 Å². The Morgan fingerprint density at radius 2 is 1.82 bits per heavy atom. The summed E-state index contributed by atoms with van der Waals surface area (Å²) in [7, 11) is 1.62. The minimum absolute atomic E-state index is 0.129. The summed E-state index contributed by atoms with van der Waals surface area (Å²) in [5.74, 6) is 0. The summed E-state index contributed by atoms with van der Waals surface area (Å²) in [6.45, 7) is 0.903. The van der Waals surface area contributed by atoms with E-state index in [0.717, 1.165) is 0 Å². The van der Waals surface area contributed by atoms with Gasteiger partial charge in [0.25, 0.3) is 9.24 Å². The Labute approximate surface area is 70.9 Å². The van der Waals surface area contributed by atoms with Crippen molar-refractivity contribution in [3.63, 3.8) is 0 Å². The molecule has 0 aromatic heterocycles. The topological polar surface area (TPSA) is 63.4 Å². The maximum absolute atomic E-state index is 10.7. The molecule has 0 unspecified atom stereocenters. The molecule has 2 N–H and O–H groups in total. The fourth-order valence-electron chi connectivity index (χ4n) is 1.09. The first kappa shape index (κ1) is 9.25. The number of nitrogens with zero attached hydrogens (tertiary/aromatic N) is 1. The molecular formula is C5H11ClN2O2S. The van der Waals surface area contributed by atoms with E-state index in [1.165, 1.54) is 4.31 Å². The first-order valence-corrected chi connectivity index (χ1v) is 5.72. The second kappa shape index (κ2) is 3.26. The molecule has 0 aromatic rings. The lowest BCUT2D eigenvalue weighted by Gasteiger charge is -2.26. The summed E-state index contributed by atoms with van der Waals surface area (Å²) >= 11 is 0. The number of nitrogens with two attached hydrogens (primary N) is 1. The van der Waals surface area contributed by atoms with E-state index in [2.05, 4.69) is 0 Å². The molecule has 6 heteroatoms. The Kier molecular flexibility index (Phi) is 2.74. The monoisotopic (exact) mass is 198 g/mol. The number of hydrogen-bond acceptors (Lipinski definition) is 3. The van der Waals surface area contributed by atoms with Crippen LogP contribution < -0.4 is 5.73 Å². The van der Waals surface area contributed by atoms with Crippen LogP contribution in [0.5, 0.6) is 0 Å².